The number of sulfonamides is 1. The molecular weight excluding hydrogens is 504 g/mol. The van der Waals surface area contributed by atoms with Gasteiger partial charge in [-0.2, -0.15) is 9.40 Å². The number of Topliss-reactive ketones (excluding diaryl/α,β-unsaturated/α-hetero) is 1. The number of hydrogen-bond acceptors (Lipinski definition) is 7. The standard InChI is InChI=1S/C25H27F2N5O4S/c1-25(2)24-19(14-32(25)37(34,35)18-11-15(26)10-16(27)12-18)21(30-31-24)13-22(33)23-20(4-3-7-28-23)29-17-5-8-36-9-6-17/h3-4,7,10-12,17,29H,5-6,8-9,13-14H2,1-2H3,(H,30,31). The normalized spacial score (nSPS) is 18.1. The Labute approximate surface area is 213 Å². The quantitative estimate of drug-likeness (QED) is 0.448. The lowest BCUT2D eigenvalue weighted by molar-refractivity contribution is 0.0904. The fraction of sp³-hybridized carbons (Fsp3) is 0.400. The monoisotopic (exact) mass is 531 g/mol. The molecule has 0 spiro atoms. The molecule has 0 atom stereocenters. The zero-order valence-electron chi connectivity index (χ0n) is 20.4. The maximum atomic E-state index is 13.8. The number of carbonyl (C=O) groups excluding carboxylic acids is 1. The molecule has 2 aliphatic heterocycles. The van der Waals surface area contributed by atoms with E-state index in [1.165, 1.54) is 0 Å². The predicted octanol–water partition coefficient (Wildman–Crippen LogP) is 3.54. The molecule has 1 aromatic carbocycles. The molecule has 0 amide bonds. The summed E-state index contributed by atoms with van der Waals surface area (Å²) in [5, 5.41) is 10.6. The minimum Gasteiger partial charge on any atom is -0.381 e. The average Bonchev–Trinajstić information content (AvgIpc) is 3.37. The summed E-state index contributed by atoms with van der Waals surface area (Å²) in [6.07, 6.45) is 3.13. The van der Waals surface area contributed by atoms with Crippen LogP contribution in [0.15, 0.2) is 41.4 Å². The molecule has 2 N–H and O–H groups in total. The Balaban J connectivity index is 1.40. The van der Waals surface area contributed by atoms with Gasteiger partial charge in [-0.3, -0.25) is 14.9 Å². The number of nitrogens with one attached hydrogen (secondary N) is 2. The van der Waals surface area contributed by atoms with Crippen molar-refractivity contribution in [3.63, 3.8) is 0 Å². The molecular formula is C25H27F2N5O4S. The van der Waals surface area contributed by atoms with Gasteiger partial charge in [-0.15, -0.1) is 0 Å². The van der Waals surface area contributed by atoms with Crippen molar-refractivity contribution in [1.82, 2.24) is 19.5 Å². The van der Waals surface area contributed by atoms with Crippen LogP contribution in [0.2, 0.25) is 0 Å². The summed E-state index contributed by atoms with van der Waals surface area (Å²) in [6.45, 7) is 4.52. The Kier molecular flexibility index (Phi) is 6.59. The Morgan fingerprint density at radius 1 is 1.22 bits per heavy atom. The van der Waals surface area contributed by atoms with Gasteiger partial charge in [0.15, 0.2) is 5.78 Å². The molecule has 12 heteroatoms. The summed E-state index contributed by atoms with van der Waals surface area (Å²) in [4.78, 5) is 17.1. The molecule has 0 unspecified atom stereocenters. The van der Waals surface area contributed by atoms with Gasteiger partial charge >= 0.3 is 0 Å². The van der Waals surface area contributed by atoms with Crippen LogP contribution in [0.25, 0.3) is 0 Å². The highest BCUT2D eigenvalue weighted by molar-refractivity contribution is 7.89. The number of pyridine rings is 1. The van der Waals surface area contributed by atoms with Crippen molar-refractivity contribution in [2.45, 2.75) is 56.1 Å². The van der Waals surface area contributed by atoms with Crippen molar-refractivity contribution in [1.29, 1.82) is 0 Å². The number of fused-ring (bicyclic) bond motifs is 1. The molecule has 2 aromatic heterocycles. The van der Waals surface area contributed by atoms with Gasteiger partial charge in [0.25, 0.3) is 0 Å². The highest BCUT2D eigenvalue weighted by atomic mass is 32.2. The number of benzene rings is 1. The van der Waals surface area contributed by atoms with E-state index in [0.29, 0.717) is 41.9 Å². The maximum absolute atomic E-state index is 13.8. The van der Waals surface area contributed by atoms with Gasteiger partial charge in [0.2, 0.25) is 10.0 Å². The topological polar surface area (TPSA) is 117 Å². The zero-order valence-corrected chi connectivity index (χ0v) is 21.2. The number of halogens is 2. The van der Waals surface area contributed by atoms with Crippen molar-refractivity contribution in [2.75, 3.05) is 18.5 Å². The minimum atomic E-state index is -4.27. The van der Waals surface area contributed by atoms with E-state index < -0.39 is 32.1 Å². The molecule has 4 heterocycles. The molecule has 0 aliphatic carbocycles. The molecule has 0 bridgehead atoms. The van der Waals surface area contributed by atoms with Crippen LogP contribution in [0.5, 0.6) is 0 Å². The van der Waals surface area contributed by atoms with E-state index >= 15 is 0 Å². The molecule has 0 saturated carbocycles. The number of ketones is 1. The van der Waals surface area contributed by atoms with Crippen molar-refractivity contribution < 1.29 is 26.7 Å². The number of carbonyl (C=O) groups is 1. The number of aromatic amines is 1. The number of hydrogen-bond donors (Lipinski definition) is 2. The van der Waals surface area contributed by atoms with E-state index in [0.717, 1.165) is 29.3 Å². The summed E-state index contributed by atoms with van der Waals surface area (Å²) in [6, 6.07) is 5.93. The Bertz CT molecular complexity index is 1430. The second-order valence-corrected chi connectivity index (χ2v) is 11.6. The van der Waals surface area contributed by atoms with E-state index in [2.05, 4.69) is 20.5 Å². The van der Waals surface area contributed by atoms with Crippen molar-refractivity contribution in [2.24, 2.45) is 0 Å². The van der Waals surface area contributed by atoms with Crippen LogP contribution >= 0.6 is 0 Å². The Morgan fingerprint density at radius 3 is 2.62 bits per heavy atom. The lowest BCUT2D eigenvalue weighted by Gasteiger charge is -2.30. The van der Waals surface area contributed by atoms with E-state index in [-0.39, 0.29) is 30.5 Å². The third-order valence-corrected chi connectivity index (χ3v) is 8.87. The first kappa shape index (κ1) is 25.4. The summed E-state index contributed by atoms with van der Waals surface area (Å²) in [7, 11) is -4.27. The van der Waals surface area contributed by atoms with Crippen molar-refractivity contribution in [3.05, 3.63) is 70.8 Å². The minimum absolute atomic E-state index is 0.0691. The van der Waals surface area contributed by atoms with Gasteiger partial charge in [-0.1, -0.05) is 0 Å². The van der Waals surface area contributed by atoms with Gasteiger partial charge in [0.05, 0.1) is 28.2 Å². The van der Waals surface area contributed by atoms with Gasteiger partial charge in [0, 0.05) is 49.3 Å². The van der Waals surface area contributed by atoms with Gasteiger partial charge in [-0.05, 0) is 51.0 Å². The van der Waals surface area contributed by atoms with Crippen LogP contribution in [-0.4, -0.2) is 52.9 Å². The van der Waals surface area contributed by atoms with E-state index in [1.807, 2.05) is 6.07 Å². The molecule has 1 saturated heterocycles. The summed E-state index contributed by atoms with van der Waals surface area (Å²) >= 11 is 0. The van der Waals surface area contributed by atoms with Crippen molar-refractivity contribution in [3.8, 4) is 0 Å². The molecule has 37 heavy (non-hydrogen) atoms. The number of nitrogens with zero attached hydrogens (tertiary/aromatic N) is 3. The van der Waals surface area contributed by atoms with Crippen LogP contribution < -0.4 is 5.32 Å². The largest absolute Gasteiger partial charge is 0.381 e. The second kappa shape index (κ2) is 9.58. The molecule has 2 aliphatic rings. The first-order valence-corrected chi connectivity index (χ1v) is 13.4. The maximum Gasteiger partial charge on any atom is 0.244 e. The number of aromatic nitrogens is 3. The fourth-order valence-corrected chi connectivity index (χ4v) is 6.69. The zero-order chi connectivity index (χ0) is 26.4. The van der Waals surface area contributed by atoms with E-state index in [9.17, 15) is 22.0 Å². The van der Waals surface area contributed by atoms with Crippen LogP contribution in [0.4, 0.5) is 14.5 Å². The lowest BCUT2D eigenvalue weighted by atomic mass is 10.00. The average molecular weight is 532 g/mol. The Hall–Kier alpha value is -3.22. The number of ether oxygens (including phenoxy) is 1. The fourth-order valence-electron chi connectivity index (χ4n) is 4.92. The molecule has 0 radical (unpaired) electrons. The Morgan fingerprint density at radius 2 is 1.92 bits per heavy atom. The number of rotatable bonds is 7. The summed E-state index contributed by atoms with van der Waals surface area (Å²) in [5.41, 5.74) is 1.29. The highest BCUT2D eigenvalue weighted by Crippen LogP contribution is 2.42. The smallest absolute Gasteiger partial charge is 0.244 e. The summed E-state index contributed by atoms with van der Waals surface area (Å²) < 4.78 is 60.9. The van der Waals surface area contributed by atoms with Crippen LogP contribution in [-0.2, 0) is 33.3 Å². The molecule has 9 nitrogen and oxygen atoms in total. The first-order chi connectivity index (χ1) is 17.6. The number of anilines is 1. The summed E-state index contributed by atoms with van der Waals surface area (Å²) in [5.74, 6) is -2.23. The van der Waals surface area contributed by atoms with Crippen LogP contribution in [0.3, 0.4) is 0 Å². The first-order valence-electron chi connectivity index (χ1n) is 12.0. The predicted molar refractivity (Wildman–Crippen MR) is 130 cm³/mol. The van der Waals surface area contributed by atoms with Crippen LogP contribution in [0.1, 0.15) is 54.1 Å². The van der Waals surface area contributed by atoms with E-state index in [4.69, 9.17) is 4.74 Å². The lowest BCUT2D eigenvalue weighted by Crippen LogP contribution is -2.40. The number of H-pyrrole nitrogens is 1. The highest BCUT2D eigenvalue weighted by Gasteiger charge is 2.48. The third-order valence-electron chi connectivity index (χ3n) is 6.87. The molecule has 1 fully saturated rings. The molecule has 5 rings (SSSR count). The van der Waals surface area contributed by atoms with Crippen LogP contribution in [0, 0.1) is 11.6 Å². The van der Waals surface area contributed by atoms with Crippen molar-refractivity contribution >= 4 is 21.5 Å². The van der Waals surface area contributed by atoms with Gasteiger partial charge in [0.1, 0.15) is 17.3 Å². The molecule has 3 aromatic rings. The third kappa shape index (κ3) is 4.76. The SMILES string of the molecule is CC1(C)c2n[nH]c(CC(=O)c3ncccc3NC3CCOCC3)c2CN1S(=O)(=O)c1cc(F)cc(F)c1. The van der Waals surface area contributed by atoms with Gasteiger partial charge < -0.3 is 10.1 Å². The second-order valence-electron chi connectivity index (χ2n) is 9.74. The molecule has 196 valence electrons. The van der Waals surface area contributed by atoms with Gasteiger partial charge in [-0.25, -0.2) is 17.2 Å². The van der Waals surface area contributed by atoms with E-state index in [1.54, 1.807) is 26.1 Å².